The average molecular weight is 364 g/mol. The zero-order valence-electron chi connectivity index (χ0n) is 13.6. The van der Waals surface area contributed by atoms with E-state index in [9.17, 15) is 14.7 Å². The Labute approximate surface area is 155 Å². The Kier molecular flexibility index (Phi) is 3.78. The lowest BCUT2D eigenvalue weighted by Gasteiger charge is -2.29. The van der Waals surface area contributed by atoms with Crippen molar-refractivity contribution in [1.29, 1.82) is 0 Å². The molecule has 1 aliphatic heterocycles. The molecule has 0 atom stereocenters. The number of carboxylic acid groups (broad SMARTS) is 1. The first-order valence-corrected chi connectivity index (χ1v) is 8.43. The number of carboxylic acids is 1. The monoisotopic (exact) mass is 363 g/mol. The number of aromatic carboxylic acids is 1. The summed E-state index contributed by atoms with van der Waals surface area (Å²) in [4.78, 5) is 25.0. The fraction of sp³-hybridized carbons (Fsp3) is 0.0476. The van der Waals surface area contributed by atoms with E-state index < -0.39 is 11.4 Å². The van der Waals surface area contributed by atoms with Gasteiger partial charge in [-0.25, -0.2) is 4.79 Å². The van der Waals surface area contributed by atoms with E-state index in [0.29, 0.717) is 10.6 Å². The van der Waals surface area contributed by atoms with Gasteiger partial charge in [-0.1, -0.05) is 72.3 Å². The maximum Gasteiger partial charge on any atom is 0.337 e. The number of carbonyl (C=O) groups excluding carboxylic acids is 1. The Morgan fingerprint density at radius 2 is 1.42 bits per heavy atom. The van der Waals surface area contributed by atoms with Gasteiger partial charge in [0, 0.05) is 10.6 Å². The molecule has 0 unspecified atom stereocenters. The lowest BCUT2D eigenvalue weighted by atomic mass is 9.70. The van der Waals surface area contributed by atoms with Crippen LogP contribution in [0.4, 0.5) is 5.69 Å². The number of amides is 1. The van der Waals surface area contributed by atoms with Crippen LogP contribution >= 0.6 is 11.6 Å². The van der Waals surface area contributed by atoms with E-state index in [1.165, 1.54) is 12.1 Å². The smallest absolute Gasteiger partial charge is 0.337 e. The van der Waals surface area contributed by atoms with Crippen molar-refractivity contribution < 1.29 is 14.7 Å². The second-order valence-corrected chi connectivity index (χ2v) is 6.49. The van der Waals surface area contributed by atoms with Crippen LogP contribution in [0.5, 0.6) is 0 Å². The molecule has 1 aliphatic rings. The van der Waals surface area contributed by atoms with Crippen molar-refractivity contribution in [2.45, 2.75) is 5.41 Å². The number of rotatable bonds is 3. The Morgan fingerprint density at radius 1 is 0.885 bits per heavy atom. The SMILES string of the molecule is O=C(O)c1ccc(Cl)c2c1NC(=O)C2(c1ccccc1)c1ccccc1. The molecule has 0 spiro atoms. The van der Waals surface area contributed by atoms with Gasteiger partial charge in [0.05, 0.1) is 11.3 Å². The van der Waals surface area contributed by atoms with Gasteiger partial charge in [-0.15, -0.1) is 0 Å². The van der Waals surface area contributed by atoms with Gasteiger partial charge in [-0.2, -0.15) is 0 Å². The zero-order chi connectivity index (χ0) is 18.3. The number of halogens is 1. The molecular weight excluding hydrogens is 350 g/mol. The fourth-order valence-corrected chi connectivity index (χ4v) is 3.97. The van der Waals surface area contributed by atoms with Crippen molar-refractivity contribution in [3.05, 3.63) is 100 Å². The fourth-order valence-electron chi connectivity index (χ4n) is 3.67. The highest BCUT2D eigenvalue weighted by Gasteiger charge is 2.52. The minimum Gasteiger partial charge on any atom is -0.478 e. The maximum absolute atomic E-state index is 13.3. The topological polar surface area (TPSA) is 66.4 Å². The van der Waals surface area contributed by atoms with Gasteiger partial charge in [0.2, 0.25) is 5.91 Å². The normalized spacial score (nSPS) is 14.6. The molecule has 5 heteroatoms. The van der Waals surface area contributed by atoms with Crippen LogP contribution in [0.15, 0.2) is 72.8 Å². The summed E-state index contributed by atoms with van der Waals surface area (Å²) < 4.78 is 0. The summed E-state index contributed by atoms with van der Waals surface area (Å²) in [6, 6.07) is 21.5. The molecule has 128 valence electrons. The molecule has 4 nitrogen and oxygen atoms in total. The van der Waals surface area contributed by atoms with E-state index in [-0.39, 0.29) is 17.2 Å². The molecule has 3 aromatic carbocycles. The third kappa shape index (κ3) is 2.16. The van der Waals surface area contributed by atoms with Crippen LogP contribution in [-0.4, -0.2) is 17.0 Å². The summed E-state index contributed by atoms with van der Waals surface area (Å²) in [5, 5.41) is 12.7. The van der Waals surface area contributed by atoms with Gasteiger partial charge in [-0.05, 0) is 23.3 Å². The summed E-state index contributed by atoms with van der Waals surface area (Å²) in [6.45, 7) is 0. The molecule has 0 aromatic heterocycles. The first kappa shape index (κ1) is 16.4. The minimum atomic E-state index is -1.21. The Hall–Kier alpha value is -3.11. The van der Waals surface area contributed by atoms with Crippen LogP contribution in [0.3, 0.4) is 0 Å². The standard InChI is InChI=1S/C21H14ClNO3/c22-16-12-11-15(19(24)25)18-17(16)21(20(26)23-18,13-7-3-1-4-8-13)14-9-5-2-6-10-14/h1-12H,(H,23,26)(H,24,25). The van der Waals surface area contributed by atoms with Crippen molar-refractivity contribution in [2.75, 3.05) is 5.32 Å². The predicted octanol–water partition coefficient (Wildman–Crippen LogP) is 4.32. The largest absolute Gasteiger partial charge is 0.478 e. The van der Waals surface area contributed by atoms with Crippen molar-refractivity contribution in [1.82, 2.24) is 0 Å². The average Bonchev–Trinajstić information content (AvgIpc) is 2.97. The van der Waals surface area contributed by atoms with Gasteiger partial charge in [0.15, 0.2) is 0 Å². The number of hydrogen-bond acceptors (Lipinski definition) is 2. The summed E-state index contributed by atoms with van der Waals surface area (Å²) in [6.07, 6.45) is 0. The molecule has 0 saturated heterocycles. The van der Waals surface area contributed by atoms with E-state index in [2.05, 4.69) is 5.32 Å². The highest BCUT2D eigenvalue weighted by Crippen LogP contribution is 2.51. The molecule has 26 heavy (non-hydrogen) atoms. The Bertz CT molecular complexity index is 977. The summed E-state index contributed by atoms with van der Waals surface area (Å²) >= 11 is 6.51. The highest BCUT2D eigenvalue weighted by molar-refractivity contribution is 6.34. The van der Waals surface area contributed by atoms with Crippen LogP contribution in [0.25, 0.3) is 0 Å². The molecule has 0 aliphatic carbocycles. The molecular formula is C21H14ClNO3. The van der Waals surface area contributed by atoms with Crippen molar-refractivity contribution in [3.63, 3.8) is 0 Å². The quantitative estimate of drug-likeness (QED) is 0.728. The molecule has 2 N–H and O–H groups in total. The number of carbonyl (C=O) groups is 2. The molecule has 3 aromatic rings. The first-order valence-electron chi connectivity index (χ1n) is 8.05. The van der Waals surface area contributed by atoms with Gasteiger partial charge < -0.3 is 10.4 Å². The summed E-state index contributed by atoms with van der Waals surface area (Å²) in [5.74, 6) is -1.43. The van der Waals surface area contributed by atoms with Gasteiger partial charge in [0.25, 0.3) is 0 Å². The first-order chi connectivity index (χ1) is 12.6. The van der Waals surface area contributed by atoms with E-state index in [1.807, 2.05) is 60.7 Å². The third-order valence-electron chi connectivity index (χ3n) is 4.75. The van der Waals surface area contributed by atoms with Crippen LogP contribution in [0, 0.1) is 0 Å². The van der Waals surface area contributed by atoms with E-state index in [1.54, 1.807) is 0 Å². The summed E-state index contributed by atoms with van der Waals surface area (Å²) in [7, 11) is 0. The zero-order valence-corrected chi connectivity index (χ0v) is 14.3. The van der Waals surface area contributed by atoms with Gasteiger partial charge >= 0.3 is 5.97 Å². The lowest BCUT2D eigenvalue weighted by molar-refractivity contribution is -0.118. The van der Waals surface area contributed by atoms with E-state index in [4.69, 9.17) is 11.6 Å². The lowest BCUT2D eigenvalue weighted by Crippen LogP contribution is -2.37. The molecule has 0 bridgehead atoms. The van der Waals surface area contributed by atoms with E-state index in [0.717, 1.165) is 11.1 Å². The van der Waals surface area contributed by atoms with Crippen molar-refractivity contribution in [2.24, 2.45) is 0 Å². The van der Waals surface area contributed by atoms with Crippen molar-refractivity contribution >= 4 is 29.2 Å². The van der Waals surface area contributed by atoms with Gasteiger partial charge in [0.1, 0.15) is 5.41 Å². The van der Waals surface area contributed by atoms with Crippen LogP contribution in [0.2, 0.25) is 5.02 Å². The second kappa shape index (κ2) is 6.00. The van der Waals surface area contributed by atoms with E-state index >= 15 is 0 Å². The molecule has 4 rings (SSSR count). The Balaban J connectivity index is 2.15. The number of anilines is 1. The molecule has 1 amide bonds. The molecule has 0 saturated carbocycles. The number of nitrogens with one attached hydrogen (secondary N) is 1. The second-order valence-electron chi connectivity index (χ2n) is 6.09. The maximum atomic E-state index is 13.3. The van der Waals surface area contributed by atoms with Crippen LogP contribution in [-0.2, 0) is 10.2 Å². The minimum absolute atomic E-state index is 0.0199. The molecule has 0 radical (unpaired) electrons. The number of hydrogen-bond donors (Lipinski definition) is 2. The molecule has 0 fully saturated rings. The highest BCUT2D eigenvalue weighted by atomic mass is 35.5. The third-order valence-corrected chi connectivity index (χ3v) is 5.07. The molecule has 1 heterocycles. The van der Waals surface area contributed by atoms with Crippen LogP contribution in [0.1, 0.15) is 27.0 Å². The number of benzene rings is 3. The van der Waals surface area contributed by atoms with Crippen molar-refractivity contribution in [3.8, 4) is 0 Å². The summed E-state index contributed by atoms with van der Waals surface area (Å²) in [5.41, 5.74) is 0.995. The number of fused-ring (bicyclic) bond motifs is 1. The van der Waals surface area contributed by atoms with Gasteiger partial charge in [-0.3, -0.25) is 4.79 Å². The predicted molar refractivity (Wildman–Crippen MR) is 99.8 cm³/mol. The Morgan fingerprint density at radius 3 is 1.92 bits per heavy atom. The van der Waals surface area contributed by atoms with Crippen LogP contribution < -0.4 is 5.32 Å².